The van der Waals surface area contributed by atoms with Crippen molar-refractivity contribution in [3.05, 3.63) is 34.4 Å². The van der Waals surface area contributed by atoms with Crippen LogP contribution in [0, 0.1) is 26.7 Å². The third-order valence-electron chi connectivity index (χ3n) is 3.67. The van der Waals surface area contributed by atoms with Crippen LogP contribution in [0.1, 0.15) is 47.3 Å². The number of benzene rings is 1. The molecule has 0 aliphatic carbocycles. The smallest absolute Gasteiger partial charge is 0.180 e. The lowest BCUT2D eigenvalue weighted by atomic mass is 9.89. The molecule has 94 valence electrons. The van der Waals surface area contributed by atoms with Crippen LogP contribution in [0.2, 0.25) is 0 Å². The molecule has 2 nitrogen and oxygen atoms in total. The van der Waals surface area contributed by atoms with E-state index >= 15 is 0 Å². The average molecular weight is 233 g/mol. The molecular formula is C15H23NO. The molecule has 0 fully saturated rings. The molecule has 0 heterocycles. The molecule has 2 heteroatoms. The normalized spacial score (nSPS) is 14.5. The van der Waals surface area contributed by atoms with Crippen LogP contribution >= 0.6 is 0 Å². The highest BCUT2D eigenvalue weighted by molar-refractivity contribution is 6.01. The first kappa shape index (κ1) is 13.9. The summed E-state index contributed by atoms with van der Waals surface area (Å²) in [6.07, 6.45) is 0.927. The lowest BCUT2D eigenvalue weighted by Gasteiger charge is -2.18. The van der Waals surface area contributed by atoms with Crippen LogP contribution in [0.15, 0.2) is 12.1 Å². The van der Waals surface area contributed by atoms with E-state index in [2.05, 4.69) is 19.9 Å². The number of hydrogen-bond acceptors (Lipinski definition) is 2. The Morgan fingerprint density at radius 3 is 2.24 bits per heavy atom. The van der Waals surface area contributed by atoms with Gasteiger partial charge in [0.15, 0.2) is 5.78 Å². The molecule has 2 atom stereocenters. The second-order valence-corrected chi connectivity index (χ2v) is 5.03. The van der Waals surface area contributed by atoms with Gasteiger partial charge in [0, 0.05) is 5.56 Å². The predicted octanol–water partition coefficient (Wildman–Crippen LogP) is 3.17. The molecule has 1 rings (SSSR count). The molecule has 0 saturated carbocycles. The van der Waals surface area contributed by atoms with E-state index in [-0.39, 0.29) is 17.7 Å². The second kappa shape index (κ2) is 5.46. The third kappa shape index (κ3) is 2.95. The molecule has 0 amide bonds. The van der Waals surface area contributed by atoms with Gasteiger partial charge in [0.2, 0.25) is 0 Å². The van der Waals surface area contributed by atoms with Crippen LogP contribution in [0.3, 0.4) is 0 Å². The zero-order chi connectivity index (χ0) is 13.2. The standard InChI is InChI=1S/C15H23NO/c1-6-9(2)14(16)15(17)13-8-11(4)10(3)7-12(13)5/h7-9,14H,6,16H2,1-5H3. The topological polar surface area (TPSA) is 43.1 Å². The minimum Gasteiger partial charge on any atom is -0.321 e. The largest absolute Gasteiger partial charge is 0.321 e. The van der Waals surface area contributed by atoms with Crippen molar-refractivity contribution in [2.75, 3.05) is 0 Å². The van der Waals surface area contributed by atoms with Crippen molar-refractivity contribution < 1.29 is 4.79 Å². The molecule has 0 saturated heterocycles. The van der Waals surface area contributed by atoms with Crippen molar-refractivity contribution in [2.24, 2.45) is 11.7 Å². The van der Waals surface area contributed by atoms with Crippen LogP contribution in [-0.4, -0.2) is 11.8 Å². The molecule has 0 radical (unpaired) electrons. The summed E-state index contributed by atoms with van der Waals surface area (Å²) in [7, 11) is 0. The number of ketones is 1. The Bertz CT molecular complexity index is 423. The van der Waals surface area contributed by atoms with Crippen LogP contribution in [0.4, 0.5) is 0 Å². The minimum absolute atomic E-state index is 0.0694. The summed E-state index contributed by atoms with van der Waals surface area (Å²) in [5, 5.41) is 0. The van der Waals surface area contributed by atoms with Crippen molar-refractivity contribution >= 4 is 5.78 Å². The number of nitrogens with two attached hydrogens (primary N) is 1. The second-order valence-electron chi connectivity index (χ2n) is 5.03. The Morgan fingerprint density at radius 1 is 1.18 bits per heavy atom. The first-order valence-corrected chi connectivity index (χ1v) is 6.26. The summed E-state index contributed by atoms with van der Waals surface area (Å²) >= 11 is 0. The Hall–Kier alpha value is -1.15. The van der Waals surface area contributed by atoms with Crippen molar-refractivity contribution in [3.8, 4) is 0 Å². The summed E-state index contributed by atoms with van der Waals surface area (Å²) in [4.78, 5) is 12.3. The summed E-state index contributed by atoms with van der Waals surface area (Å²) < 4.78 is 0. The molecule has 2 N–H and O–H groups in total. The maximum absolute atomic E-state index is 12.3. The van der Waals surface area contributed by atoms with Crippen molar-refractivity contribution in [2.45, 2.75) is 47.1 Å². The summed E-state index contributed by atoms with van der Waals surface area (Å²) in [5.41, 5.74) is 10.2. The summed E-state index contributed by atoms with van der Waals surface area (Å²) in [6, 6.07) is 3.64. The lowest BCUT2D eigenvalue weighted by Crippen LogP contribution is -2.37. The Labute approximate surface area is 104 Å². The molecule has 0 aliphatic heterocycles. The monoisotopic (exact) mass is 233 g/mol. The van der Waals surface area contributed by atoms with Gasteiger partial charge in [0.1, 0.15) is 0 Å². The van der Waals surface area contributed by atoms with E-state index in [1.807, 2.05) is 26.8 Å². The van der Waals surface area contributed by atoms with Gasteiger partial charge in [-0.25, -0.2) is 0 Å². The molecule has 0 aromatic heterocycles. The summed E-state index contributed by atoms with van der Waals surface area (Å²) in [6.45, 7) is 10.2. The van der Waals surface area contributed by atoms with Crippen molar-refractivity contribution in [1.29, 1.82) is 0 Å². The molecule has 0 aliphatic rings. The summed E-state index contributed by atoms with van der Waals surface area (Å²) in [5.74, 6) is 0.295. The van der Waals surface area contributed by atoms with E-state index in [0.29, 0.717) is 0 Å². The van der Waals surface area contributed by atoms with Crippen LogP contribution in [-0.2, 0) is 0 Å². The molecular weight excluding hydrogens is 210 g/mol. The Kier molecular flexibility index (Phi) is 4.47. The van der Waals surface area contributed by atoms with E-state index in [9.17, 15) is 4.79 Å². The first-order valence-electron chi connectivity index (χ1n) is 6.26. The maximum atomic E-state index is 12.3. The number of hydrogen-bond donors (Lipinski definition) is 1. The Balaban J connectivity index is 3.08. The fourth-order valence-electron chi connectivity index (χ4n) is 1.92. The minimum atomic E-state index is -0.388. The third-order valence-corrected chi connectivity index (χ3v) is 3.67. The van der Waals surface area contributed by atoms with Crippen LogP contribution in [0.5, 0.6) is 0 Å². The fraction of sp³-hybridized carbons (Fsp3) is 0.533. The maximum Gasteiger partial charge on any atom is 0.180 e. The SMILES string of the molecule is CCC(C)C(N)C(=O)c1cc(C)c(C)cc1C. The van der Waals surface area contributed by atoms with Gasteiger partial charge in [-0.15, -0.1) is 0 Å². The van der Waals surface area contributed by atoms with Gasteiger partial charge in [0.25, 0.3) is 0 Å². The lowest BCUT2D eigenvalue weighted by molar-refractivity contribution is 0.0934. The zero-order valence-corrected chi connectivity index (χ0v) is 11.5. The van der Waals surface area contributed by atoms with Gasteiger partial charge in [0.05, 0.1) is 6.04 Å². The molecule has 0 bridgehead atoms. The van der Waals surface area contributed by atoms with Gasteiger partial charge in [-0.1, -0.05) is 26.3 Å². The van der Waals surface area contributed by atoms with Crippen molar-refractivity contribution in [1.82, 2.24) is 0 Å². The highest BCUT2D eigenvalue weighted by atomic mass is 16.1. The predicted molar refractivity (Wildman–Crippen MR) is 72.4 cm³/mol. The van der Waals surface area contributed by atoms with E-state index in [1.54, 1.807) is 0 Å². The highest BCUT2D eigenvalue weighted by Crippen LogP contribution is 2.19. The molecule has 2 unspecified atom stereocenters. The van der Waals surface area contributed by atoms with E-state index in [1.165, 1.54) is 5.56 Å². The number of aryl methyl sites for hydroxylation is 3. The quantitative estimate of drug-likeness (QED) is 0.812. The molecule has 1 aromatic rings. The van der Waals surface area contributed by atoms with Crippen LogP contribution in [0.25, 0.3) is 0 Å². The number of carbonyl (C=O) groups excluding carboxylic acids is 1. The van der Waals surface area contributed by atoms with Gasteiger partial charge in [-0.2, -0.15) is 0 Å². The molecule has 0 spiro atoms. The van der Waals surface area contributed by atoms with Gasteiger partial charge in [-0.3, -0.25) is 4.79 Å². The van der Waals surface area contributed by atoms with Crippen molar-refractivity contribution in [3.63, 3.8) is 0 Å². The number of rotatable bonds is 4. The number of carbonyl (C=O) groups is 1. The average Bonchev–Trinajstić information content (AvgIpc) is 2.31. The molecule has 1 aromatic carbocycles. The zero-order valence-electron chi connectivity index (χ0n) is 11.5. The fourth-order valence-corrected chi connectivity index (χ4v) is 1.92. The van der Waals surface area contributed by atoms with E-state index in [4.69, 9.17) is 5.73 Å². The molecule has 17 heavy (non-hydrogen) atoms. The highest BCUT2D eigenvalue weighted by Gasteiger charge is 2.22. The Morgan fingerprint density at radius 2 is 1.71 bits per heavy atom. The van der Waals surface area contributed by atoms with Gasteiger partial charge >= 0.3 is 0 Å². The van der Waals surface area contributed by atoms with Gasteiger partial charge in [-0.05, 0) is 49.4 Å². The van der Waals surface area contributed by atoms with E-state index < -0.39 is 0 Å². The number of Topliss-reactive ketones (excluding diaryl/α,β-unsaturated/α-hetero) is 1. The first-order chi connectivity index (χ1) is 7.88. The van der Waals surface area contributed by atoms with Gasteiger partial charge < -0.3 is 5.73 Å². The van der Waals surface area contributed by atoms with E-state index in [0.717, 1.165) is 23.1 Å². The van der Waals surface area contributed by atoms with Crippen LogP contribution < -0.4 is 5.73 Å².